The number of H-pyrrole nitrogens is 1. The van der Waals surface area contributed by atoms with Gasteiger partial charge in [0.2, 0.25) is 0 Å². The summed E-state index contributed by atoms with van der Waals surface area (Å²) in [7, 11) is 0. The Hall–Kier alpha value is -1.58. The first-order valence-corrected chi connectivity index (χ1v) is 8.00. The topological polar surface area (TPSA) is 27.8 Å². The molecule has 0 aliphatic heterocycles. The second-order valence-corrected chi connectivity index (χ2v) is 5.91. The third-order valence-electron chi connectivity index (χ3n) is 3.28. The highest BCUT2D eigenvalue weighted by Crippen LogP contribution is 2.24. The molecule has 1 heterocycles. The molecule has 0 amide bonds. The van der Waals surface area contributed by atoms with Crippen molar-refractivity contribution in [2.45, 2.75) is 11.4 Å². The summed E-state index contributed by atoms with van der Waals surface area (Å²) in [5.74, 6) is 0. The van der Waals surface area contributed by atoms with Crippen LogP contribution < -0.4 is 5.32 Å². The zero-order chi connectivity index (χ0) is 13.9. The highest BCUT2D eigenvalue weighted by molar-refractivity contribution is 7.98. The second-order valence-electron chi connectivity index (χ2n) is 4.59. The van der Waals surface area contributed by atoms with E-state index in [1.807, 2.05) is 18.3 Å². The van der Waals surface area contributed by atoms with Gasteiger partial charge < -0.3 is 10.3 Å². The molecule has 3 rings (SSSR count). The zero-order valence-electron chi connectivity index (χ0n) is 11.1. The zero-order valence-corrected chi connectivity index (χ0v) is 12.7. The van der Waals surface area contributed by atoms with Crippen molar-refractivity contribution in [2.75, 3.05) is 11.6 Å². The Morgan fingerprint density at radius 1 is 1.20 bits per heavy atom. The molecular weight excluding hydrogens is 288 g/mol. The van der Waals surface area contributed by atoms with Gasteiger partial charge in [-0.1, -0.05) is 23.7 Å². The van der Waals surface area contributed by atoms with Gasteiger partial charge in [0.1, 0.15) is 0 Å². The number of fused-ring (bicyclic) bond motifs is 1. The van der Waals surface area contributed by atoms with Gasteiger partial charge in [0, 0.05) is 39.3 Å². The summed E-state index contributed by atoms with van der Waals surface area (Å²) in [6.45, 7) is 0.791. The Kier molecular flexibility index (Phi) is 3.90. The van der Waals surface area contributed by atoms with Gasteiger partial charge in [-0.05, 0) is 42.2 Å². The summed E-state index contributed by atoms with van der Waals surface area (Å²) in [6.07, 6.45) is 4.12. The minimum Gasteiger partial charge on any atom is -0.381 e. The van der Waals surface area contributed by atoms with Crippen LogP contribution in [0.2, 0.25) is 5.02 Å². The summed E-state index contributed by atoms with van der Waals surface area (Å²) < 4.78 is 0. The van der Waals surface area contributed by atoms with E-state index in [1.165, 1.54) is 15.8 Å². The van der Waals surface area contributed by atoms with Crippen LogP contribution in [0.3, 0.4) is 0 Å². The Bertz CT molecular complexity index is 736. The van der Waals surface area contributed by atoms with Crippen molar-refractivity contribution < 1.29 is 0 Å². The fourth-order valence-electron chi connectivity index (χ4n) is 2.24. The maximum Gasteiger partial charge on any atom is 0.0472 e. The molecule has 0 fully saturated rings. The van der Waals surface area contributed by atoms with Gasteiger partial charge in [-0.25, -0.2) is 0 Å². The Morgan fingerprint density at radius 3 is 2.95 bits per heavy atom. The van der Waals surface area contributed by atoms with Gasteiger partial charge in [-0.15, -0.1) is 11.8 Å². The second kappa shape index (κ2) is 5.81. The molecule has 0 aliphatic carbocycles. The van der Waals surface area contributed by atoms with Crippen LogP contribution in [0.15, 0.2) is 53.6 Å². The molecule has 0 radical (unpaired) electrons. The van der Waals surface area contributed by atoms with Gasteiger partial charge in [-0.3, -0.25) is 0 Å². The summed E-state index contributed by atoms with van der Waals surface area (Å²) in [5, 5.41) is 5.43. The van der Waals surface area contributed by atoms with E-state index >= 15 is 0 Å². The van der Waals surface area contributed by atoms with Crippen LogP contribution in [0.1, 0.15) is 5.56 Å². The number of thioether (sulfide) groups is 1. The van der Waals surface area contributed by atoms with Crippen LogP contribution in [0.5, 0.6) is 0 Å². The van der Waals surface area contributed by atoms with E-state index < -0.39 is 0 Å². The van der Waals surface area contributed by atoms with Crippen LogP contribution in [-0.2, 0) is 6.54 Å². The highest BCUT2D eigenvalue weighted by Gasteiger charge is 2.04. The predicted molar refractivity (Wildman–Crippen MR) is 88.9 cm³/mol. The van der Waals surface area contributed by atoms with Crippen molar-refractivity contribution in [3.63, 3.8) is 0 Å². The number of halogens is 1. The van der Waals surface area contributed by atoms with E-state index in [0.29, 0.717) is 0 Å². The average Bonchev–Trinajstić information content (AvgIpc) is 2.87. The smallest absolute Gasteiger partial charge is 0.0472 e. The quantitative estimate of drug-likeness (QED) is 0.652. The van der Waals surface area contributed by atoms with Crippen molar-refractivity contribution in [3.05, 3.63) is 59.2 Å². The van der Waals surface area contributed by atoms with Crippen LogP contribution in [0.4, 0.5) is 5.69 Å². The fourth-order valence-corrected chi connectivity index (χ4v) is 2.87. The number of anilines is 1. The van der Waals surface area contributed by atoms with Crippen molar-refractivity contribution >= 4 is 40.0 Å². The van der Waals surface area contributed by atoms with E-state index in [0.717, 1.165) is 22.8 Å². The average molecular weight is 303 g/mol. The molecule has 0 atom stereocenters. The van der Waals surface area contributed by atoms with E-state index in [4.69, 9.17) is 11.6 Å². The monoisotopic (exact) mass is 302 g/mol. The minimum atomic E-state index is 0.756. The van der Waals surface area contributed by atoms with Gasteiger partial charge in [0.15, 0.2) is 0 Å². The maximum absolute atomic E-state index is 6.00. The first kappa shape index (κ1) is 13.4. The van der Waals surface area contributed by atoms with E-state index in [-0.39, 0.29) is 0 Å². The number of aromatic amines is 1. The third-order valence-corrected chi connectivity index (χ3v) is 4.24. The Labute approximate surface area is 127 Å². The van der Waals surface area contributed by atoms with Gasteiger partial charge in [0.25, 0.3) is 0 Å². The molecule has 0 aliphatic rings. The van der Waals surface area contributed by atoms with Crippen LogP contribution >= 0.6 is 23.4 Å². The molecule has 102 valence electrons. The summed E-state index contributed by atoms with van der Waals surface area (Å²) in [4.78, 5) is 4.52. The van der Waals surface area contributed by atoms with Crippen molar-refractivity contribution in [2.24, 2.45) is 0 Å². The number of aromatic nitrogens is 1. The molecule has 2 nitrogen and oxygen atoms in total. The summed E-state index contributed by atoms with van der Waals surface area (Å²) >= 11 is 7.75. The minimum absolute atomic E-state index is 0.756. The van der Waals surface area contributed by atoms with Crippen molar-refractivity contribution in [1.29, 1.82) is 0 Å². The van der Waals surface area contributed by atoms with Gasteiger partial charge in [0.05, 0.1) is 0 Å². The molecule has 0 saturated heterocycles. The molecule has 0 saturated carbocycles. The molecule has 4 heteroatoms. The predicted octanol–water partition coefficient (Wildman–Crippen LogP) is 5.16. The first-order chi connectivity index (χ1) is 9.76. The Balaban J connectivity index is 1.79. The lowest BCUT2D eigenvalue weighted by Gasteiger charge is -2.07. The highest BCUT2D eigenvalue weighted by atomic mass is 35.5. The molecule has 20 heavy (non-hydrogen) atoms. The van der Waals surface area contributed by atoms with E-state index in [2.05, 4.69) is 46.9 Å². The number of hydrogen-bond acceptors (Lipinski definition) is 2. The maximum atomic E-state index is 6.00. The van der Waals surface area contributed by atoms with Gasteiger partial charge in [-0.2, -0.15) is 0 Å². The molecule has 2 N–H and O–H groups in total. The molecule has 2 aromatic carbocycles. The standard InChI is InChI=1S/C16H15ClN2S/c1-20-14-4-2-3-13(8-14)18-9-11-10-19-16-7-12(17)5-6-15(11)16/h2-8,10,18-19H,9H2,1H3. The molecule has 0 spiro atoms. The lowest BCUT2D eigenvalue weighted by atomic mass is 10.2. The molecule has 3 aromatic rings. The molecular formula is C16H15ClN2S. The number of rotatable bonds is 4. The van der Waals surface area contributed by atoms with E-state index in [1.54, 1.807) is 11.8 Å². The molecule has 0 bridgehead atoms. The van der Waals surface area contributed by atoms with Crippen LogP contribution in [-0.4, -0.2) is 11.2 Å². The SMILES string of the molecule is CSc1cccc(NCc2c[nH]c3cc(Cl)ccc23)c1. The first-order valence-electron chi connectivity index (χ1n) is 6.40. The van der Waals surface area contributed by atoms with Crippen molar-refractivity contribution in [3.8, 4) is 0 Å². The summed E-state index contributed by atoms with van der Waals surface area (Å²) in [6, 6.07) is 14.4. The number of hydrogen-bond donors (Lipinski definition) is 2. The molecule has 1 aromatic heterocycles. The van der Waals surface area contributed by atoms with Crippen LogP contribution in [0.25, 0.3) is 10.9 Å². The number of benzene rings is 2. The molecule has 0 unspecified atom stereocenters. The fraction of sp³-hybridized carbons (Fsp3) is 0.125. The van der Waals surface area contributed by atoms with E-state index in [9.17, 15) is 0 Å². The summed E-state index contributed by atoms with van der Waals surface area (Å²) in [5.41, 5.74) is 3.46. The number of nitrogens with one attached hydrogen (secondary N) is 2. The lowest BCUT2D eigenvalue weighted by Crippen LogP contribution is -1.98. The van der Waals surface area contributed by atoms with Crippen molar-refractivity contribution in [1.82, 2.24) is 4.98 Å². The largest absolute Gasteiger partial charge is 0.381 e. The normalized spacial score (nSPS) is 10.9. The van der Waals surface area contributed by atoms with Crippen LogP contribution in [0, 0.1) is 0 Å². The third kappa shape index (κ3) is 2.79. The lowest BCUT2D eigenvalue weighted by molar-refractivity contribution is 1.16. The Morgan fingerprint density at radius 2 is 2.10 bits per heavy atom. The van der Waals surface area contributed by atoms with Gasteiger partial charge >= 0.3 is 0 Å².